The van der Waals surface area contributed by atoms with Crippen molar-refractivity contribution in [3.63, 3.8) is 0 Å². The van der Waals surface area contributed by atoms with Crippen LogP contribution in [-0.4, -0.2) is 46.8 Å². The van der Waals surface area contributed by atoms with Crippen LogP contribution in [0.15, 0.2) is 11.1 Å². The van der Waals surface area contributed by atoms with Crippen LogP contribution in [0.5, 0.6) is 0 Å². The van der Waals surface area contributed by atoms with Crippen LogP contribution in [0, 0.1) is 5.92 Å². The Kier molecular flexibility index (Phi) is 3.80. The van der Waals surface area contributed by atoms with Crippen molar-refractivity contribution in [1.82, 2.24) is 9.80 Å². The van der Waals surface area contributed by atoms with E-state index < -0.39 is 0 Å². The Labute approximate surface area is 116 Å². The number of rotatable bonds is 3. The first kappa shape index (κ1) is 13.6. The van der Waals surface area contributed by atoms with E-state index in [-0.39, 0.29) is 29.8 Å². The normalized spacial score (nSPS) is 28.0. The second-order valence-electron chi connectivity index (χ2n) is 5.36. The summed E-state index contributed by atoms with van der Waals surface area (Å²) >= 11 is 3.29. The number of amides is 2. The molecule has 2 aliphatic heterocycles. The summed E-state index contributed by atoms with van der Waals surface area (Å²) in [4.78, 5) is 28.4. The van der Waals surface area contributed by atoms with Crippen molar-refractivity contribution in [3.8, 4) is 0 Å². The van der Waals surface area contributed by atoms with E-state index in [0.717, 1.165) is 23.9 Å². The predicted molar refractivity (Wildman–Crippen MR) is 73.1 cm³/mol. The Balaban J connectivity index is 2.31. The maximum atomic E-state index is 12.5. The molecule has 18 heavy (non-hydrogen) atoms. The van der Waals surface area contributed by atoms with E-state index in [1.807, 2.05) is 13.8 Å². The van der Waals surface area contributed by atoms with Gasteiger partial charge in [-0.25, -0.2) is 0 Å². The molecule has 0 aromatic rings. The number of carbonyl (C=O) groups is 2. The van der Waals surface area contributed by atoms with Crippen molar-refractivity contribution < 1.29 is 9.59 Å². The Hall–Kier alpha value is -0.840. The van der Waals surface area contributed by atoms with Gasteiger partial charge in [-0.3, -0.25) is 9.59 Å². The molecule has 0 bridgehead atoms. The third kappa shape index (κ3) is 2.20. The zero-order chi connectivity index (χ0) is 13.4. The average Bonchev–Trinajstić information content (AvgIpc) is 2.73. The molecule has 2 heterocycles. The lowest BCUT2D eigenvalue weighted by molar-refractivity contribution is -0.160. The number of carbonyl (C=O) groups excluding carboxylic acids is 2. The van der Waals surface area contributed by atoms with Crippen LogP contribution in [0.3, 0.4) is 0 Å². The summed E-state index contributed by atoms with van der Waals surface area (Å²) in [7, 11) is 0. The maximum Gasteiger partial charge on any atom is 0.246 e. The minimum Gasteiger partial charge on any atom is -0.329 e. The predicted octanol–water partition coefficient (Wildman–Crippen LogP) is 1.75. The van der Waals surface area contributed by atoms with E-state index in [1.54, 1.807) is 9.80 Å². The first-order valence-corrected chi connectivity index (χ1v) is 7.17. The van der Waals surface area contributed by atoms with Gasteiger partial charge in [-0.05, 0) is 18.8 Å². The minimum absolute atomic E-state index is 0.0754. The Morgan fingerprint density at radius 1 is 1.44 bits per heavy atom. The van der Waals surface area contributed by atoms with Crippen molar-refractivity contribution in [2.75, 3.05) is 13.1 Å². The molecule has 2 atom stereocenters. The summed E-state index contributed by atoms with van der Waals surface area (Å²) in [6, 6.07) is -0.583. The van der Waals surface area contributed by atoms with Crippen LogP contribution in [0.1, 0.15) is 26.7 Å². The van der Waals surface area contributed by atoms with Crippen molar-refractivity contribution in [1.29, 1.82) is 0 Å². The molecule has 0 aromatic heterocycles. The summed E-state index contributed by atoms with van der Waals surface area (Å²) in [5.74, 6) is 0.294. The molecule has 2 fully saturated rings. The molecule has 5 heteroatoms. The SMILES string of the molecule is C=C(Br)CN1C(=O)C2CCCN2C(=O)C1C(C)C. The molecule has 2 unspecified atom stereocenters. The molecule has 0 aromatic carbocycles. The number of piperazine rings is 1. The summed E-state index contributed by atoms with van der Waals surface area (Å²) < 4.78 is 0.737. The van der Waals surface area contributed by atoms with Gasteiger partial charge in [0, 0.05) is 11.0 Å². The van der Waals surface area contributed by atoms with Crippen LogP contribution in [0.25, 0.3) is 0 Å². The van der Waals surface area contributed by atoms with Gasteiger partial charge in [0.1, 0.15) is 12.1 Å². The van der Waals surface area contributed by atoms with Gasteiger partial charge in [-0.15, -0.1) is 0 Å². The molecule has 2 saturated heterocycles. The van der Waals surface area contributed by atoms with E-state index in [2.05, 4.69) is 22.5 Å². The number of halogens is 1. The fourth-order valence-corrected chi connectivity index (χ4v) is 3.20. The molecule has 0 aliphatic carbocycles. The lowest BCUT2D eigenvalue weighted by atomic mass is 9.96. The van der Waals surface area contributed by atoms with Gasteiger partial charge in [0.15, 0.2) is 0 Å². The van der Waals surface area contributed by atoms with E-state index >= 15 is 0 Å². The van der Waals surface area contributed by atoms with E-state index in [4.69, 9.17) is 0 Å². The number of hydrogen-bond acceptors (Lipinski definition) is 2. The van der Waals surface area contributed by atoms with Gasteiger partial charge in [-0.2, -0.15) is 0 Å². The molecule has 0 N–H and O–H groups in total. The molecule has 2 rings (SSSR count). The third-order valence-corrected chi connectivity index (χ3v) is 3.92. The lowest BCUT2D eigenvalue weighted by Crippen LogP contribution is -2.64. The van der Waals surface area contributed by atoms with Gasteiger partial charge < -0.3 is 9.80 Å². The Morgan fingerprint density at radius 2 is 2.11 bits per heavy atom. The molecule has 0 spiro atoms. The van der Waals surface area contributed by atoms with Gasteiger partial charge in [0.2, 0.25) is 11.8 Å². The summed E-state index contributed by atoms with van der Waals surface area (Å²) in [5.41, 5.74) is 0. The molecule has 2 aliphatic rings. The van der Waals surface area contributed by atoms with E-state index in [1.165, 1.54) is 0 Å². The quantitative estimate of drug-likeness (QED) is 0.796. The summed E-state index contributed by atoms with van der Waals surface area (Å²) in [6.45, 7) is 8.89. The largest absolute Gasteiger partial charge is 0.329 e. The highest BCUT2D eigenvalue weighted by Crippen LogP contribution is 2.30. The van der Waals surface area contributed by atoms with Crippen LogP contribution < -0.4 is 0 Å². The average molecular weight is 315 g/mol. The number of nitrogens with zero attached hydrogens (tertiary/aromatic N) is 2. The fraction of sp³-hybridized carbons (Fsp3) is 0.692. The summed E-state index contributed by atoms with van der Waals surface area (Å²) in [5, 5.41) is 0. The monoisotopic (exact) mass is 314 g/mol. The van der Waals surface area contributed by atoms with Crippen LogP contribution in [-0.2, 0) is 9.59 Å². The zero-order valence-corrected chi connectivity index (χ0v) is 12.4. The van der Waals surface area contributed by atoms with Crippen molar-refractivity contribution in [2.24, 2.45) is 5.92 Å². The Bertz CT molecular complexity index is 394. The second-order valence-corrected chi connectivity index (χ2v) is 6.48. The lowest BCUT2D eigenvalue weighted by Gasteiger charge is -2.43. The fourth-order valence-electron chi connectivity index (χ4n) is 2.93. The molecule has 0 saturated carbocycles. The van der Waals surface area contributed by atoms with Crippen molar-refractivity contribution >= 4 is 27.7 Å². The van der Waals surface area contributed by atoms with Gasteiger partial charge in [-0.1, -0.05) is 36.4 Å². The van der Waals surface area contributed by atoms with Crippen molar-refractivity contribution in [2.45, 2.75) is 38.8 Å². The van der Waals surface area contributed by atoms with Crippen LogP contribution in [0.4, 0.5) is 0 Å². The first-order chi connectivity index (χ1) is 8.43. The standard InChI is InChI=1S/C13H19BrN2O2/c1-8(2)11-13(18)15-6-4-5-10(15)12(17)16(11)7-9(3)14/h8,10-11H,3-7H2,1-2H3. The van der Waals surface area contributed by atoms with E-state index in [0.29, 0.717) is 6.54 Å². The highest BCUT2D eigenvalue weighted by molar-refractivity contribution is 9.11. The number of hydrogen-bond donors (Lipinski definition) is 0. The second kappa shape index (κ2) is 5.03. The zero-order valence-electron chi connectivity index (χ0n) is 10.9. The molecular formula is C13H19BrN2O2. The van der Waals surface area contributed by atoms with Crippen LogP contribution in [0.2, 0.25) is 0 Å². The maximum absolute atomic E-state index is 12.5. The highest BCUT2D eigenvalue weighted by atomic mass is 79.9. The minimum atomic E-state index is -0.346. The molecular weight excluding hydrogens is 296 g/mol. The summed E-state index contributed by atoms with van der Waals surface area (Å²) in [6.07, 6.45) is 1.72. The highest BCUT2D eigenvalue weighted by Gasteiger charge is 2.48. The van der Waals surface area contributed by atoms with Crippen molar-refractivity contribution in [3.05, 3.63) is 11.1 Å². The van der Waals surface area contributed by atoms with Gasteiger partial charge in [0.05, 0.1) is 6.54 Å². The van der Waals surface area contributed by atoms with Crippen LogP contribution >= 0.6 is 15.9 Å². The molecule has 100 valence electrons. The smallest absolute Gasteiger partial charge is 0.246 e. The topological polar surface area (TPSA) is 40.6 Å². The molecule has 4 nitrogen and oxygen atoms in total. The van der Waals surface area contributed by atoms with Gasteiger partial charge in [0.25, 0.3) is 0 Å². The first-order valence-electron chi connectivity index (χ1n) is 6.37. The molecule has 0 radical (unpaired) electrons. The third-order valence-electron chi connectivity index (χ3n) is 3.67. The van der Waals surface area contributed by atoms with Gasteiger partial charge >= 0.3 is 0 Å². The van der Waals surface area contributed by atoms with E-state index in [9.17, 15) is 9.59 Å². The number of fused-ring (bicyclic) bond motifs is 1. The molecule has 2 amide bonds. The Morgan fingerprint density at radius 3 is 2.67 bits per heavy atom.